The van der Waals surface area contributed by atoms with E-state index in [0.29, 0.717) is 25.7 Å². The van der Waals surface area contributed by atoms with E-state index < -0.39 is 99.0 Å². The van der Waals surface area contributed by atoms with Crippen molar-refractivity contribution in [1.82, 2.24) is 0 Å². The van der Waals surface area contributed by atoms with Crippen LogP contribution in [0.15, 0.2) is 12.2 Å². The molecule has 5 fully saturated rings. The molecule has 18 heteroatoms. The summed E-state index contributed by atoms with van der Waals surface area (Å²) in [6.45, 7) is 6.94. The van der Waals surface area contributed by atoms with Crippen molar-refractivity contribution in [3.63, 3.8) is 0 Å². The predicted octanol–water partition coefficient (Wildman–Crippen LogP) is 1.81. The van der Waals surface area contributed by atoms with E-state index in [9.17, 15) is 50.8 Å². The molecule has 5 rings (SSSR count). The van der Waals surface area contributed by atoms with Gasteiger partial charge in [0, 0.05) is 11.8 Å². The van der Waals surface area contributed by atoms with Crippen LogP contribution >= 0.6 is 0 Å². The molecule has 5 aliphatic rings. The number of carbonyl (C=O) groups excluding carboxylic acids is 1. The van der Waals surface area contributed by atoms with Crippen molar-refractivity contribution in [1.29, 1.82) is 0 Å². The number of carboxylic acid groups (broad SMARTS) is 1. The van der Waals surface area contributed by atoms with Gasteiger partial charge in [0.2, 0.25) is 0 Å². The summed E-state index contributed by atoms with van der Waals surface area (Å²) in [5.74, 6) is -2.97. The fourth-order valence-corrected chi connectivity index (χ4v) is 10.8. The number of unbranched alkanes of at least 4 members (excludes halogenated alkanes) is 1. The Balaban J connectivity index is 1.51. The molecule has 48 heavy (non-hydrogen) atoms. The van der Waals surface area contributed by atoms with Crippen molar-refractivity contribution in [3.05, 3.63) is 12.2 Å². The van der Waals surface area contributed by atoms with Crippen molar-refractivity contribution in [2.24, 2.45) is 34.5 Å². The molecule has 0 aromatic heterocycles. The van der Waals surface area contributed by atoms with Crippen molar-refractivity contribution >= 4 is 32.7 Å². The van der Waals surface area contributed by atoms with Gasteiger partial charge in [0.25, 0.3) is 0 Å². The summed E-state index contributed by atoms with van der Waals surface area (Å²) in [6, 6.07) is 0. The Hall–Kier alpha value is -1.74. The fraction of sp³-hybridized carbons (Fsp3) is 0.867. The lowest BCUT2D eigenvalue weighted by molar-refractivity contribution is -0.316. The average Bonchev–Trinajstić information content (AvgIpc) is 3.15. The third kappa shape index (κ3) is 7.20. The number of aliphatic hydroxyl groups excluding tert-OH is 2. The molecule has 1 spiro atoms. The molecule has 1 aliphatic heterocycles. The zero-order valence-electron chi connectivity index (χ0n) is 26.9. The second-order valence-corrected chi connectivity index (χ2v) is 16.4. The van der Waals surface area contributed by atoms with Crippen LogP contribution in [0.3, 0.4) is 0 Å². The third-order valence-corrected chi connectivity index (χ3v) is 12.6. The molecule has 4 saturated carbocycles. The standard InChI is InChI=1S/C30H46O16S2/c1-4-5-6-22(32)44-25-24(46-48(39,40)41)23(45-47(36,37)38)20(14-31)43-28(25)42-17-11-18(27(34)35)19-9-10-30-12-16(15(2)26(30)33)7-8-21(30)29(19,3)13-17/h16-21,23-26,28,31,33H,2,4-14H2,1,3H3,(H,34,35)(H,36,37,38)(H,39,40,41). The van der Waals surface area contributed by atoms with E-state index >= 15 is 0 Å². The number of aliphatic carboxylic acids is 1. The van der Waals surface area contributed by atoms with Crippen molar-refractivity contribution < 1.29 is 73.4 Å². The van der Waals surface area contributed by atoms with Gasteiger partial charge < -0.3 is 29.5 Å². The largest absolute Gasteiger partial charge is 0.481 e. The highest BCUT2D eigenvalue weighted by molar-refractivity contribution is 7.81. The van der Waals surface area contributed by atoms with Crippen LogP contribution in [0.25, 0.3) is 0 Å². The van der Waals surface area contributed by atoms with E-state index in [-0.39, 0.29) is 37.0 Å². The highest BCUT2D eigenvalue weighted by Crippen LogP contribution is 2.70. The van der Waals surface area contributed by atoms with E-state index in [0.717, 1.165) is 24.8 Å². The molecule has 0 aromatic carbocycles. The minimum atomic E-state index is -5.41. The number of rotatable bonds is 12. The van der Waals surface area contributed by atoms with E-state index in [4.69, 9.17) is 18.4 Å². The number of aliphatic hydroxyl groups is 2. The summed E-state index contributed by atoms with van der Waals surface area (Å²) in [6.07, 6.45) is -6.89. The highest BCUT2D eigenvalue weighted by atomic mass is 32.3. The molecule has 13 unspecified atom stereocenters. The van der Waals surface area contributed by atoms with E-state index in [1.54, 1.807) is 6.92 Å². The number of carboxylic acids is 1. The SMILES string of the molecule is C=C1C2CCC3C4(C)CC(OC5OC(CO)C(OS(=O)(=O)O)C(OS(=O)(=O)O)C5OC(=O)CCCC)CC(C(=O)O)C4CCC3(C2)C1O. The summed E-state index contributed by atoms with van der Waals surface area (Å²) >= 11 is 0. The first-order valence-corrected chi connectivity index (χ1v) is 19.1. The summed E-state index contributed by atoms with van der Waals surface area (Å²) in [4.78, 5) is 25.6. The normalized spacial score (nSPS) is 42.9. The Morgan fingerprint density at radius 3 is 2.29 bits per heavy atom. The maximum absolute atomic E-state index is 12.9. The van der Waals surface area contributed by atoms with Gasteiger partial charge in [-0.25, -0.2) is 8.37 Å². The quantitative estimate of drug-likeness (QED) is 0.0832. The maximum Gasteiger partial charge on any atom is 0.397 e. The average molecular weight is 727 g/mol. The highest BCUT2D eigenvalue weighted by Gasteiger charge is 2.67. The second kappa shape index (κ2) is 13.8. The lowest BCUT2D eigenvalue weighted by Gasteiger charge is -2.62. The smallest absolute Gasteiger partial charge is 0.397 e. The van der Waals surface area contributed by atoms with E-state index in [1.165, 1.54) is 0 Å². The van der Waals surface area contributed by atoms with E-state index in [1.807, 2.05) is 6.92 Å². The number of carbonyl (C=O) groups is 2. The molecule has 4 aliphatic carbocycles. The lowest BCUT2D eigenvalue weighted by atomic mass is 9.43. The lowest BCUT2D eigenvalue weighted by Crippen LogP contribution is -2.64. The van der Waals surface area contributed by atoms with Gasteiger partial charge in [0.05, 0.1) is 24.7 Å². The first-order valence-electron chi connectivity index (χ1n) is 16.4. The maximum atomic E-state index is 12.9. The molecule has 5 N–H and O–H groups in total. The van der Waals surface area contributed by atoms with Gasteiger partial charge in [0.15, 0.2) is 18.5 Å². The van der Waals surface area contributed by atoms with Gasteiger partial charge in [-0.3, -0.25) is 18.7 Å². The van der Waals surface area contributed by atoms with Crippen LogP contribution in [0.1, 0.15) is 78.1 Å². The minimum absolute atomic E-state index is 0.0118. The number of hydrogen-bond acceptors (Lipinski definition) is 13. The predicted molar refractivity (Wildman–Crippen MR) is 162 cm³/mol. The summed E-state index contributed by atoms with van der Waals surface area (Å²) in [5.41, 5.74) is -0.311. The number of esters is 1. The molecule has 274 valence electrons. The van der Waals surface area contributed by atoms with Crippen molar-refractivity contribution in [2.45, 2.75) is 121 Å². The third-order valence-electron chi connectivity index (χ3n) is 11.7. The molecule has 0 aromatic rings. The van der Waals surface area contributed by atoms with E-state index in [2.05, 4.69) is 10.8 Å². The van der Waals surface area contributed by atoms with Crippen LogP contribution in [0.2, 0.25) is 0 Å². The first kappa shape index (κ1) is 37.5. The van der Waals surface area contributed by atoms with Gasteiger partial charge in [0.1, 0.15) is 12.2 Å². The Morgan fingerprint density at radius 1 is 1.02 bits per heavy atom. The molecule has 0 radical (unpaired) electrons. The molecule has 16 nitrogen and oxygen atoms in total. The molecule has 2 bridgehead atoms. The van der Waals surface area contributed by atoms with Crippen LogP contribution in [0, 0.1) is 34.5 Å². The van der Waals surface area contributed by atoms with Gasteiger partial charge in [-0.1, -0.05) is 26.8 Å². The monoisotopic (exact) mass is 726 g/mol. The summed E-state index contributed by atoms with van der Waals surface area (Å²) in [5, 5.41) is 32.0. The number of hydrogen-bond donors (Lipinski definition) is 5. The summed E-state index contributed by atoms with van der Waals surface area (Å²) < 4.78 is 93.4. The van der Waals surface area contributed by atoms with Crippen LogP contribution in [0.5, 0.6) is 0 Å². The molecule has 1 heterocycles. The Labute approximate surface area is 280 Å². The number of ether oxygens (including phenoxy) is 3. The minimum Gasteiger partial charge on any atom is -0.481 e. The van der Waals surface area contributed by atoms with Gasteiger partial charge in [-0.2, -0.15) is 16.8 Å². The Kier molecular flexibility index (Phi) is 10.8. The summed E-state index contributed by atoms with van der Waals surface area (Å²) in [7, 11) is -10.8. The second-order valence-electron chi connectivity index (χ2n) is 14.3. The fourth-order valence-electron chi connectivity index (χ4n) is 9.82. The van der Waals surface area contributed by atoms with Crippen LogP contribution < -0.4 is 0 Å². The molecular formula is C30H46O16S2. The molecule has 0 amide bonds. The van der Waals surface area contributed by atoms with Gasteiger partial charge in [-0.05, 0) is 80.1 Å². The van der Waals surface area contributed by atoms with Crippen LogP contribution in [-0.2, 0) is 53.0 Å². The first-order chi connectivity index (χ1) is 22.3. The van der Waals surface area contributed by atoms with Crippen molar-refractivity contribution in [2.75, 3.05) is 6.61 Å². The molecule has 1 saturated heterocycles. The van der Waals surface area contributed by atoms with Gasteiger partial charge >= 0.3 is 32.7 Å². The number of fused-ring (bicyclic) bond motifs is 3. The Morgan fingerprint density at radius 2 is 1.69 bits per heavy atom. The molecule has 13 atom stereocenters. The topological polar surface area (TPSA) is 250 Å². The Bertz CT molecular complexity index is 1470. The zero-order valence-corrected chi connectivity index (χ0v) is 28.5. The van der Waals surface area contributed by atoms with Crippen LogP contribution in [0.4, 0.5) is 0 Å². The van der Waals surface area contributed by atoms with Gasteiger partial charge in [-0.15, -0.1) is 0 Å². The molecular weight excluding hydrogens is 680 g/mol. The van der Waals surface area contributed by atoms with Crippen LogP contribution in [-0.4, -0.2) is 103 Å². The van der Waals surface area contributed by atoms with Crippen molar-refractivity contribution in [3.8, 4) is 0 Å². The zero-order chi connectivity index (χ0) is 35.4.